The van der Waals surface area contributed by atoms with Gasteiger partial charge < -0.3 is 9.47 Å². The fourth-order valence-corrected chi connectivity index (χ4v) is 4.53. The number of halogens is 6. The lowest BCUT2D eigenvalue weighted by Gasteiger charge is -2.12. The minimum Gasteiger partial charge on any atom is -0.457 e. The van der Waals surface area contributed by atoms with Crippen LogP contribution in [0.5, 0.6) is 0 Å². The summed E-state index contributed by atoms with van der Waals surface area (Å²) in [7, 11) is 0. The zero-order valence-electron chi connectivity index (χ0n) is 26.3. The zero-order chi connectivity index (χ0) is 37.4. The number of ether oxygens (including phenoxy) is 2. The molecule has 52 heavy (non-hydrogen) atoms. The van der Waals surface area contributed by atoms with E-state index in [9.17, 15) is 35.9 Å². The van der Waals surface area contributed by atoms with E-state index in [1.165, 1.54) is 48.5 Å². The van der Waals surface area contributed by atoms with Crippen molar-refractivity contribution < 1.29 is 45.4 Å². The number of benzene rings is 5. The predicted molar refractivity (Wildman–Crippen MR) is 172 cm³/mol. The third-order valence-corrected chi connectivity index (χ3v) is 7.22. The van der Waals surface area contributed by atoms with E-state index in [4.69, 9.17) is 20.0 Å². The van der Waals surface area contributed by atoms with Gasteiger partial charge in [0.2, 0.25) is 0 Å². The van der Waals surface area contributed by atoms with E-state index in [1.54, 1.807) is 0 Å². The maximum absolute atomic E-state index is 14.3. The van der Waals surface area contributed by atoms with Crippen LogP contribution in [0.3, 0.4) is 0 Å². The Balaban J connectivity index is 1.61. The Kier molecular flexibility index (Phi) is 11.0. The highest BCUT2D eigenvalue weighted by Gasteiger charge is 2.23. The van der Waals surface area contributed by atoms with Crippen LogP contribution in [0.25, 0.3) is 0 Å². The molecule has 5 aromatic carbocycles. The molecule has 0 aliphatic rings. The molecule has 0 radical (unpaired) electrons. The number of carbonyl (C=O) groups is 2. The van der Waals surface area contributed by atoms with Gasteiger partial charge in [0.05, 0.1) is 45.5 Å². The number of nitrogens with zero attached hydrogens (tertiary/aromatic N) is 2. The van der Waals surface area contributed by atoms with Gasteiger partial charge in [0.15, 0.2) is 0 Å². The number of rotatable bonds is 6. The first-order chi connectivity index (χ1) is 24.9. The second kappa shape index (κ2) is 16.0. The predicted octanol–water partition coefficient (Wildman–Crippen LogP) is 7.78. The quantitative estimate of drug-likeness (QED) is 0.102. The van der Waals surface area contributed by atoms with Crippen LogP contribution in [0.4, 0.5) is 26.3 Å². The van der Waals surface area contributed by atoms with Crippen molar-refractivity contribution in [2.75, 3.05) is 0 Å². The van der Waals surface area contributed by atoms with E-state index in [0.29, 0.717) is 46.5 Å². The number of hydrogen-bond acceptors (Lipinski definition) is 6. The first-order valence-corrected chi connectivity index (χ1v) is 14.8. The molecule has 0 N–H and O–H groups in total. The number of hydrogen-bond donors (Lipinski definition) is 0. The van der Waals surface area contributed by atoms with E-state index in [1.807, 2.05) is 12.1 Å². The molecule has 0 saturated heterocycles. The summed E-state index contributed by atoms with van der Waals surface area (Å²) in [5, 5.41) is 18.2. The van der Waals surface area contributed by atoms with Crippen LogP contribution >= 0.6 is 0 Å². The van der Waals surface area contributed by atoms with Crippen molar-refractivity contribution in [3.63, 3.8) is 0 Å². The summed E-state index contributed by atoms with van der Waals surface area (Å²) in [6.45, 7) is -1.94. The van der Waals surface area contributed by atoms with E-state index in [0.717, 1.165) is 12.1 Å². The van der Waals surface area contributed by atoms with Gasteiger partial charge in [-0.2, -0.15) is 10.5 Å². The van der Waals surface area contributed by atoms with Crippen LogP contribution in [0.2, 0.25) is 0 Å². The van der Waals surface area contributed by atoms with Crippen molar-refractivity contribution in [3.05, 3.63) is 175 Å². The summed E-state index contributed by atoms with van der Waals surface area (Å²) in [5.74, 6) is 0.913. The Hall–Kier alpha value is -7.28. The van der Waals surface area contributed by atoms with Crippen molar-refractivity contribution in [1.29, 1.82) is 10.5 Å². The molecule has 0 heterocycles. The lowest BCUT2D eigenvalue weighted by molar-refractivity contribution is 0.0449. The molecular formula is C40H18F6N2O4. The van der Waals surface area contributed by atoms with Crippen molar-refractivity contribution in [3.8, 4) is 35.8 Å². The fourth-order valence-electron chi connectivity index (χ4n) is 4.53. The van der Waals surface area contributed by atoms with Gasteiger partial charge in [-0.25, -0.2) is 35.9 Å². The standard InChI is InChI=1S/C40H18F6N2O4/c41-29-15-35(43)33(36(44)16-29)21-51-39(49)31-14-28(12-10-24-3-7-26(20-48)8-4-24)32(13-27(31)11-9-23-1-5-25(19-47)6-2-23)40(50)52-22-34-37(45)17-30(42)18-38(34)46/h1-8,13-18H,21-22H2. The summed E-state index contributed by atoms with van der Waals surface area (Å²) in [4.78, 5) is 26.9. The molecule has 12 heteroatoms. The minimum absolute atomic E-state index is 0.190. The Morgan fingerprint density at radius 3 is 1.10 bits per heavy atom. The van der Waals surface area contributed by atoms with Crippen molar-refractivity contribution in [2.45, 2.75) is 13.2 Å². The van der Waals surface area contributed by atoms with Crippen LogP contribution in [-0.4, -0.2) is 11.9 Å². The van der Waals surface area contributed by atoms with Crippen molar-refractivity contribution in [2.24, 2.45) is 0 Å². The van der Waals surface area contributed by atoms with Crippen LogP contribution in [-0.2, 0) is 22.7 Å². The van der Waals surface area contributed by atoms with Gasteiger partial charge in [0, 0.05) is 46.5 Å². The summed E-state index contributed by atoms with van der Waals surface area (Å²) < 4.78 is 94.5. The smallest absolute Gasteiger partial charge is 0.339 e. The SMILES string of the molecule is N#Cc1ccc(C#Cc2cc(C(=O)OCc3c(F)cc(F)cc3F)c(C#Cc3ccc(C#N)cc3)cc2C(=O)OCc2c(F)cc(F)cc2F)cc1. The van der Waals surface area contributed by atoms with E-state index in [2.05, 4.69) is 23.7 Å². The second-order valence-electron chi connectivity index (χ2n) is 10.7. The molecule has 0 amide bonds. The van der Waals surface area contributed by atoms with E-state index >= 15 is 0 Å². The topological polar surface area (TPSA) is 100 Å². The molecule has 6 nitrogen and oxygen atoms in total. The molecule has 0 aliphatic heterocycles. The highest BCUT2D eigenvalue weighted by Crippen LogP contribution is 2.23. The van der Waals surface area contributed by atoms with Crippen LogP contribution in [0.1, 0.15) is 65.2 Å². The van der Waals surface area contributed by atoms with E-state index < -0.39 is 71.2 Å². The molecule has 0 spiro atoms. The lowest BCUT2D eigenvalue weighted by atomic mass is 9.97. The molecule has 0 unspecified atom stereocenters. The molecule has 0 aromatic heterocycles. The molecule has 0 atom stereocenters. The molecule has 0 bridgehead atoms. The van der Waals surface area contributed by atoms with Crippen molar-refractivity contribution in [1.82, 2.24) is 0 Å². The van der Waals surface area contributed by atoms with E-state index in [-0.39, 0.29) is 22.3 Å². The monoisotopic (exact) mass is 704 g/mol. The van der Waals surface area contributed by atoms with Gasteiger partial charge >= 0.3 is 11.9 Å². The van der Waals surface area contributed by atoms with Crippen molar-refractivity contribution >= 4 is 11.9 Å². The molecular weight excluding hydrogens is 686 g/mol. The van der Waals surface area contributed by atoms with Crippen LogP contribution < -0.4 is 0 Å². The average molecular weight is 705 g/mol. The Morgan fingerprint density at radius 2 is 0.788 bits per heavy atom. The second-order valence-corrected chi connectivity index (χ2v) is 10.7. The Labute approximate surface area is 292 Å². The number of carbonyl (C=O) groups excluding carboxylic acids is 2. The molecule has 254 valence electrons. The first-order valence-electron chi connectivity index (χ1n) is 14.8. The maximum atomic E-state index is 14.3. The summed E-state index contributed by atoms with van der Waals surface area (Å²) in [6, 6.07) is 19.6. The molecule has 5 rings (SSSR count). The number of nitriles is 2. The Morgan fingerprint density at radius 1 is 0.481 bits per heavy atom. The van der Waals surface area contributed by atoms with Gasteiger partial charge in [-0.3, -0.25) is 0 Å². The third kappa shape index (κ3) is 8.65. The highest BCUT2D eigenvalue weighted by molar-refractivity contribution is 5.98. The fraction of sp³-hybridized carbons (Fsp3) is 0.0500. The average Bonchev–Trinajstić information content (AvgIpc) is 3.12. The van der Waals surface area contributed by atoms with Gasteiger partial charge in [-0.05, 0) is 60.7 Å². The normalized spacial score (nSPS) is 10.1. The lowest BCUT2D eigenvalue weighted by Crippen LogP contribution is -2.14. The molecule has 0 fully saturated rings. The first kappa shape index (κ1) is 36.0. The third-order valence-electron chi connectivity index (χ3n) is 7.22. The Bertz CT molecular complexity index is 2230. The summed E-state index contributed by atoms with van der Waals surface area (Å²) >= 11 is 0. The largest absolute Gasteiger partial charge is 0.457 e. The summed E-state index contributed by atoms with van der Waals surface area (Å²) in [5.41, 5.74) is -1.18. The summed E-state index contributed by atoms with van der Waals surface area (Å²) in [6.07, 6.45) is 0. The minimum atomic E-state index is -1.31. The molecule has 0 aliphatic carbocycles. The highest BCUT2D eigenvalue weighted by atomic mass is 19.2. The zero-order valence-corrected chi connectivity index (χ0v) is 26.3. The molecule has 0 saturated carbocycles. The van der Waals surface area contributed by atoms with Gasteiger partial charge in [0.1, 0.15) is 48.1 Å². The van der Waals surface area contributed by atoms with Gasteiger partial charge in [-0.15, -0.1) is 0 Å². The van der Waals surface area contributed by atoms with Crippen LogP contribution in [0, 0.1) is 81.2 Å². The van der Waals surface area contributed by atoms with Crippen LogP contribution in [0.15, 0.2) is 84.9 Å². The van der Waals surface area contributed by atoms with Gasteiger partial charge in [0.25, 0.3) is 0 Å². The number of esters is 2. The van der Waals surface area contributed by atoms with Gasteiger partial charge in [-0.1, -0.05) is 23.7 Å². The maximum Gasteiger partial charge on any atom is 0.339 e. The molecule has 5 aromatic rings.